The molecule has 0 fully saturated rings. The van der Waals surface area contributed by atoms with Crippen LogP contribution in [0.15, 0.2) is 121 Å². The molecule has 0 saturated heterocycles. The normalized spacial score (nSPS) is 11.9. The number of carboxylic acid groups (broad SMARTS) is 1. The summed E-state index contributed by atoms with van der Waals surface area (Å²) in [7, 11) is 0. The van der Waals surface area contributed by atoms with Crippen LogP contribution in [0.5, 0.6) is 5.75 Å². The lowest BCUT2D eigenvalue weighted by Crippen LogP contribution is -2.03. The number of aryl methyl sites for hydroxylation is 3. The lowest BCUT2D eigenvalue weighted by Gasteiger charge is -2.13. The molecular formula is C51H42N4O3. The molecule has 0 unspecified atom stereocenters. The molecule has 0 saturated carbocycles. The van der Waals surface area contributed by atoms with E-state index in [-0.39, 0.29) is 13.0 Å². The minimum Gasteiger partial charge on any atom is -0.493 e. The Bertz CT molecular complexity index is 2790. The van der Waals surface area contributed by atoms with E-state index in [1.54, 1.807) is 0 Å². The molecule has 2 aliphatic heterocycles. The Hall–Kier alpha value is -7.25. The molecule has 8 bridgehead atoms. The van der Waals surface area contributed by atoms with E-state index in [0.29, 0.717) is 12.2 Å². The van der Waals surface area contributed by atoms with E-state index < -0.39 is 5.97 Å². The van der Waals surface area contributed by atoms with Crippen LogP contribution >= 0.6 is 0 Å². The highest BCUT2D eigenvalue weighted by Gasteiger charge is 2.21. The molecule has 7 nitrogen and oxygen atoms in total. The first-order chi connectivity index (χ1) is 28.3. The molecule has 3 aromatic heterocycles. The number of H-pyrrole nitrogens is 2. The predicted molar refractivity (Wildman–Crippen MR) is 237 cm³/mol. The van der Waals surface area contributed by atoms with E-state index in [4.69, 9.17) is 14.7 Å². The van der Waals surface area contributed by atoms with Crippen LogP contribution in [0, 0.1) is 20.8 Å². The van der Waals surface area contributed by atoms with Crippen LogP contribution in [0.2, 0.25) is 0 Å². The van der Waals surface area contributed by atoms with Gasteiger partial charge in [-0.05, 0) is 98.5 Å². The maximum absolute atomic E-state index is 11.3. The number of para-hydroxylation sites is 1. The Balaban J connectivity index is 1.41. The van der Waals surface area contributed by atoms with Crippen LogP contribution in [0.1, 0.15) is 52.3 Å². The number of fused-ring (bicyclic) bond motifs is 8. The molecule has 5 heterocycles. The maximum atomic E-state index is 11.3. The van der Waals surface area contributed by atoms with Gasteiger partial charge in [0, 0.05) is 56.3 Å². The molecule has 2 aliphatic rings. The third kappa shape index (κ3) is 7.14. The standard InChI is InChI=1S/C51H42N4O3/c1-31-10-16-34(17-11-31)48-38-22-24-40(52-38)49(35-18-12-32(2)13-19-35)42-26-28-44(54-42)51(37-7-4-5-8-46(37)58-30-6-9-47(56)57)45-29-27-43(55-45)50(41-25-23-39(48)53-41)36-20-14-33(3)15-21-36/h4-5,7-8,10-29,52-53H,6,9,30H2,1-3H3,(H,56,57). The lowest BCUT2D eigenvalue weighted by atomic mass is 10.0. The number of ether oxygens (including phenoxy) is 1. The second-order valence-corrected chi connectivity index (χ2v) is 14.9. The predicted octanol–water partition coefficient (Wildman–Crippen LogP) is 12.5. The topological polar surface area (TPSA) is 104 Å². The number of nitrogens with zero attached hydrogens (tertiary/aromatic N) is 2. The Morgan fingerprint density at radius 2 is 0.914 bits per heavy atom. The zero-order chi connectivity index (χ0) is 39.8. The first-order valence-electron chi connectivity index (χ1n) is 19.6. The maximum Gasteiger partial charge on any atom is 0.303 e. The van der Waals surface area contributed by atoms with Gasteiger partial charge in [-0.15, -0.1) is 0 Å². The van der Waals surface area contributed by atoms with Crippen molar-refractivity contribution in [3.8, 4) is 50.3 Å². The number of rotatable bonds is 9. The van der Waals surface area contributed by atoms with E-state index >= 15 is 0 Å². The number of aromatic amines is 2. The zero-order valence-electron chi connectivity index (χ0n) is 32.6. The van der Waals surface area contributed by atoms with Crippen LogP contribution in [0.4, 0.5) is 0 Å². The van der Waals surface area contributed by atoms with E-state index in [0.717, 1.165) is 89.4 Å². The first-order valence-corrected chi connectivity index (χ1v) is 19.6. The summed E-state index contributed by atoms with van der Waals surface area (Å²) >= 11 is 0. The van der Waals surface area contributed by atoms with E-state index in [1.165, 1.54) is 16.7 Å². The smallest absolute Gasteiger partial charge is 0.303 e. The SMILES string of the molecule is Cc1ccc(-c2c3nc(c(-c4ccccc4OCCCC(=O)O)c4nc(c(-c5ccc(C)cc5)c5ccc([nH]5)c(-c5ccc(C)cc5)c5ccc2[nH]5)C=C4)C=C3)cc1. The van der Waals surface area contributed by atoms with Crippen molar-refractivity contribution in [2.24, 2.45) is 0 Å². The molecule has 3 N–H and O–H groups in total. The fourth-order valence-electron chi connectivity index (χ4n) is 7.77. The van der Waals surface area contributed by atoms with Gasteiger partial charge in [-0.1, -0.05) is 108 Å². The van der Waals surface area contributed by atoms with Crippen LogP contribution in [0.25, 0.3) is 90.9 Å². The third-order valence-corrected chi connectivity index (χ3v) is 10.7. The van der Waals surface area contributed by atoms with Gasteiger partial charge < -0.3 is 19.8 Å². The van der Waals surface area contributed by atoms with Crippen LogP contribution in [-0.4, -0.2) is 37.6 Å². The van der Waals surface area contributed by atoms with Crippen LogP contribution in [0.3, 0.4) is 0 Å². The molecule has 0 spiro atoms. The molecule has 0 atom stereocenters. The molecule has 7 aromatic rings. The molecule has 0 radical (unpaired) electrons. The minimum absolute atomic E-state index is 0.0285. The molecule has 9 rings (SSSR count). The summed E-state index contributed by atoms with van der Waals surface area (Å²) in [6.45, 7) is 6.56. The zero-order valence-corrected chi connectivity index (χ0v) is 32.6. The highest BCUT2D eigenvalue weighted by molar-refractivity contribution is 6.00. The molecule has 0 aliphatic carbocycles. The number of hydrogen-bond acceptors (Lipinski definition) is 4. The Labute approximate surface area is 337 Å². The number of benzene rings is 4. The Kier molecular flexibility index (Phi) is 9.63. The number of hydrogen-bond donors (Lipinski definition) is 3. The van der Waals surface area contributed by atoms with Gasteiger partial charge in [0.15, 0.2) is 0 Å². The quantitative estimate of drug-likeness (QED) is 0.127. The van der Waals surface area contributed by atoms with Crippen molar-refractivity contribution < 1.29 is 14.6 Å². The van der Waals surface area contributed by atoms with Gasteiger partial charge in [0.05, 0.1) is 29.4 Å². The van der Waals surface area contributed by atoms with Crippen molar-refractivity contribution in [2.75, 3.05) is 6.61 Å². The molecule has 284 valence electrons. The van der Waals surface area contributed by atoms with Crippen molar-refractivity contribution in [3.63, 3.8) is 0 Å². The van der Waals surface area contributed by atoms with Crippen molar-refractivity contribution in [1.82, 2.24) is 19.9 Å². The van der Waals surface area contributed by atoms with E-state index in [2.05, 4.69) is 152 Å². The van der Waals surface area contributed by atoms with Gasteiger partial charge in [-0.25, -0.2) is 9.97 Å². The fraction of sp³-hybridized carbons (Fsp3) is 0.118. The number of carboxylic acids is 1. The van der Waals surface area contributed by atoms with Gasteiger partial charge in [0.2, 0.25) is 0 Å². The average Bonchev–Trinajstić information content (AvgIpc) is 4.07. The highest BCUT2D eigenvalue weighted by atomic mass is 16.5. The highest BCUT2D eigenvalue weighted by Crippen LogP contribution is 2.41. The molecule has 4 aromatic carbocycles. The van der Waals surface area contributed by atoms with Gasteiger partial charge in [-0.3, -0.25) is 4.79 Å². The van der Waals surface area contributed by atoms with Gasteiger partial charge in [0.1, 0.15) is 5.75 Å². The van der Waals surface area contributed by atoms with Crippen molar-refractivity contribution >= 4 is 52.3 Å². The third-order valence-electron chi connectivity index (χ3n) is 10.7. The van der Waals surface area contributed by atoms with Crippen molar-refractivity contribution in [3.05, 3.63) is 161 Å². The van der Waals surface area contributed by atoms with E-state index in [9.17, 15) is 9.90 Å². The van der Waals surface area contributed by atoms with Crippen molar-refractivity contribution in [1.29, 1.82) is 0 Å². The molecule has 7 heteroatoms. The summed E-state index contributed by atoms with van der Waals surface area (Å²) in [4.78, 5) is 29.8. The summed E-state index contributed by atoms with van der Waals surface area (Å²) in [6.07, 6.45) is 8.69. The number of aromatic nitrogens is 4. The first kappa shape index (κ1) is 36.4. The summed E-state index contributed by atoms with van der Waals surface area (Å²) in [5.74, 6) is -0.209. The Morgan fingerprint density at radius 3 is 1.36 bits per heavy atom. The summed E-state index contributed by atoms with van der Waals surface area (Å²) in [6, 6.07) is 42.3. The lowest BCUT2D eigenvalue weighted by molar-refractivity contribution is -0.137. The van der Waals surface area contributed by atoms with Gasteiger partial charge >= 0.3 is 5.97 Å². The van der Waals surface area contributed by atoms with Gasteiger partial charge in [-0.2, -0.15) is 0 Å². The molecule has 0 amide bonds. The van der Waals surface area contributed by atoms with E-state index in [1.807, 2.05) is 24.3 Å². The fourth-order valence-corrected chi connectivity index (χ4v) is 7.77. The van der Waals surface area contributed by atoms with Crippen LogP contribution < -0.4 is 4.74 Å². The number of nitrogens with one attached hydrogen (secondary N) is 2. The molecular weight excluding hydrogens is 717 g/mol. The summed E-state index contributed by atoms with van der Waals surface area (Å²) in [5, 5.41) is 9.28. The summed E-state index contributed by atoms with van der Waals surface area (Å²) < 4.78 is 6.31. The van der Waals surface area contributed by atoms with Crippen LogP contribution in [-0.2, 0) is 4.79 Å². The largest absolute Gasteiger partial charge is 0.493 e. The average molecular weight is 759 g/mol. The Morgan fingerprint density at radius 1 is 0.517 bits per heavy atom. The second kappa shape index (κ2) is 15.4. The second-order valence-electron chi connectivity index (χ2n) is 14.9. The van der Waals surface area contributed by atoms with Crippen molar-refractivity contribution in [2.45, 2.75) is 33.6 Å². The van der Waals surface area contributed by atoms with Gasteiger partial charge in [0.25, 0.3) is 0 Å². The number of aliphatic carboxylic acids is 1. The minimum atomic E-state index is -0.847. The molecule has 58 heavy (non-hydrogen) atoms. The number of carbonyl (C=O) groups is 1. The monoisotopic (exact) mass is 758 g/mol. The summed E-state index contributed by atoms with van der Waals surface area (Å²) in [5.41, 5.74) is 18.3.